The van der Waals surface area contributed by atoms with Crippen molar-refractivity contribution in [3.63, 3.8) is 0 Å². The van der Waals surface area contributed by atoms with E-state index in [1.807, 2.05) is 13.8 Å². The maximum Gasteiger partial charge on any atom is 0.425 e. The highest BCUT2D eigenvalue weighted by atomic mass is 79.9. The van der Waals surface area contributed by atoms with Crippen LogP contribution in [0.5, 0.6) is 0 Å². The molecule has 1 saturated carbocycles. The van der Waals surface area contributed by atoms with Gasteiger partial charge in [-0.15, -0.1) is 0 Å². The van der Waals surface area contributed by atoms with Crippen LogP contribution in [0.1, 0.15) is 51.3 Å². The van der Waals surface area contributed by atoms with Crippen molar-refractivity contribution in [1.82, 2.24) is 20.4 Å². The van der Waals surface area contributed by atoms with Crippen molar-refractivity contribution in [2.45, 2.75) is 51.5 Å². The Hall–Kier alpha value is -2.42. The first-order valence-corrected chi connectivity index (χ1v) is 10.8. The number of aromatic nitrogens is 2. The van der Waals surface area contributed by atoms with Crippen molar-refractivity contribution in [3.05, 3.63) is 40.5 Å². The molecule has 1 aliphatic rings. The minimum absolute atomic E-state index is 0.110. The minimum atomic E-state index is -0.679. The molecule has 9 heteroatoms. The van der Waals surface area contributed by atoms with Crippen LogP contribution in [0.4, 0.5) is 9.18 Å². The molecular weight excluding hydrogens is 455 g/mol. The van der Waals surface area contributed by atoms with Crippen molar-refractivity contribution < 1.29 is 18.7 Å². The van der Waals surface area contributed by atoms with Gasteiger partial charge in [0.1, 0.15) is 11.6 Å². The quantitative estimate of drug-likeness (QED) is 0.617. The maximum atomic E-state index is 13.9. The van der Waals surface area contributed by atoms with Gasteiger partial charge in [-0.3, -0.25) is 4.79 Å². The van der Waals surface area contributed by atoms with E-state index in [0.717, 1.165) is 19.3 Å². The van der Waals surface area contributed by atoms with Gasteiger partial charge in [-0.25, -0.2) is 24.6 Å². The zero-order chi connectivity index (χ0) is 21.8. The van der Waals surface area contributed by atoms with Gasteiger partial charge in [-0.2, -0.15) is 0 Å². The molecule has 0 saturated heterocycles. The summed E-state index contributed by atoms with van der Waals surface area (Å²) in [4.78, 5) is 32.8. The number of carbonyl (C=O) groups is 2. The first-order valence-electron chi connectivity index (χ1n) is 9.99. The van der Waals surface area contributed by atoms with Gasteiger partial charge in [0.15, 0.2) is 0 Å². The number of hydrogen-bond donors (Lipinski definition) is 2. The summed E-state index contributed by atoms with van der Waals surface area (Å²) >= 11 is 3.16. The molecule has 1 aromatic carbocycles. The fourth-order valence-corrected chi connectivity index (χ4v) is 4.10. The first-order chi connectivity index (χ1) is 14.3. The molecule has 3 rings (SSSR count). The van der Waals surface area contributed by atoms with Gasteiger partial charge in [0.05, 0.1) is 23.5 Å². The Bertz CT molecular complexity index is 917. The van der Waals surface area contributed by atoms with Gasteiger partial charge in [-0.05, 0) is 54.8 Å². The first kappa shape index (κ1) is 22.3. The molecule has 0 spiro atoms. The molecule has 7 nitrogen and oxygen atoms in total. The molecule has 2 amide bonds. The predicted octanol–water partition coefficient (Wildman–Crippen LogP) is 4.76. The summed E-state index contributed by atoms with van der Waals surface area (Å²) in [6.07, 6.45) is 4.43. The number of methoxy groups -OCH3 is 1. The summed E-state index contributed by atoms with van der Waals surface area (Å²) in [5.41, 5.74) is 3.90. The number of hydrazine groups is 1. The molecule has 0 unspecified atom stereocenters. The normalized spacial score (nSPS) is 18.9. The van der Waals surface area contributed by atoms with Crippen molar-refractivity contribution in [2.75, 3.05) is 7.11 Å². The number of rotatable bonds is 4. The lowest BCUT2D eigenvalue weighted by molar-refractivity contribution is -0.142. The van der Waals surface area contributed by atoms with E-state index in [0.29, 0.717) is 28.0 Å². The molecule has 0 bridgehead atoms. The smallest absolute Gasteiger partial charge is 0.425 e. The van der Waals surface area contributed by atoms with Gasteiger partial charge in [0.25, 0.3) is 0 Å². The molecule has 2 atom stereocenters. The fraction of sp³-hybridized carbons (Fsp3) is 0.476. The summed E-state index contributed by atoms with van der Waals surface area (Å²) < 4.78 is 19.0. The Morgan fingerprint density at radius 3 is 2.73 bits per heavy atom. The number of carbonyl (C=O) groups excluding carboxylic acids is 2. The lowest BCUT2D eigenvalue weighted by Gasteiger charge is -2.35. The van der Waals surface area contributed by atoms with Crippen molar-refractivity contribution in [1.29, 1.82) is 0 Å². The molecule has 0 radical (unpaired) electrons. The second-order valence-corrected chi connectivity index (χ2v) is 8.57. The molecule has 162 valence electrons. The highest BCUT2D eigenvalue weighted by Gasteiger charge is 2.37. The molecule has 1 aliphatic carbocycles. The van der Waals surface area contributed by atoms with Crippen molar-refractivity contribution in [3.8, 4) is 11.3 Å². The predicted molar refractivity (Wildman–Crippen MR) is 114 cm³/mol. The number of halogens is 2. The fourth-order valence-electron chi connectivity index (χ4n) is 3.85. The molecule has 1 heterocycles. The average Bonchev–Trinajstić information content (AvgIpc) is 3.23. The van der Waals surface area contributed by atoms with E-state index in [-0.39, 0.29) is 29.6 Å². The Morgan fingerprint density at radius 1 is 1.33 bits per heavy atom. The van der Waals surface area contributed by atoms with Crippen LogP contribution in [0.25, 0.3) is 11.3 Å². The molecule has 30 heavy (non-hydrogen) atoms. The standard InChI is InChI=1S/C21H26BrFN4O3/c1-12(2)27(26-21(29)30-3)20(28)15-7-5-4-6-14(15)19-24-11-18(25-19)13-8-9-16(22)17(23)10-13/h8-12,14-15H,4-7H2,1-3H3,(H,24,25)(H,26,29)/t14-,15-/m0/s1. The van der Waals surface area contributed by atoms with Crippen LogP contribution in [-0.2, 0) is 9.53 Å². The second-order valence-electron chi connectivity index (χ2n) is 7.71. The minimum Gasteiger partial charge on any atom is -0.452 e. The van der Waals surface area contributed by atoms with Gasteiger partial charge in [0.2, 0.25) is 5.91 Å². The SMILES string of the molecule is COC(=O)NN(C(=O)[C@H]1CCCC[C@@H]1c1ncc(-c2ccc(Br)c(F)c2)[nH]1)C(C)C. The third kappa shape index (κ3) is 4.83. The van der Waals surface area contributed by atoms with Crippen molar-refractivity contribution in [2.24, 2.45) is 5.92 Å². The molecule has 0 aliphatic heterocycles. The number of imidazole rings is 1. The lowest BCUT2D eigenvalue weighted by Crippen LogP contribution is -2.53. The monoisotopic (exact) mass is 480 g/mol. The van der Waals surface area contributed by atoms with Gasteiger partial charge >= 0.3 is 6.09 Å². The van der Waals surface area contributed by atoms with Crippen molar-refractivity contribution >= 4 is 27.9 Å². The Balaban J connectivity index is 1.85. The number of aromatic amines is 1. The summed E-state index contributed by atoms with van der Waals surface area (Å²) in [6.45, 7) is 3.66. The Kier molecular flexibility index (Phi) is 7.12. The number of nitrogens with zero attached hydrogens (tertiary/aromatic N) is 2. The molecule has 1 fully saturated rings. The zero-order valence-corrected chi connectivity index (χ0v) is 18.8. The van der Waals surface area contributed by atoms with E-state index in [1.165, 1.54) is 18.2 Å². The van der Waals surface area contributed by atoms with E-state index < -0.39 is 6.09 Å². The summed E-state index contributed by atoms with van der Waals surface area (Å²) in [5, 5.41) is 1.34. The highest BCUT2D eigenvalue weighted by molar-refractivity contribution is 9.10. The molecule has 2 N–H and O–H groups in total. The van der Waals surface area contributed by atoms with Gasteiger partial charge in [0, 0.05) is 23.4 Å². The van der Waals surface area contributed by atoms with E-state index in [4.69, 9.17) is 0 Å². The van der Waals surface area contributed by atoms with Gasteiger partial charge in [-0.1, -0.05) is 18.9 Å². The molecule has 1 aromatic heterocycles. The highest BCUT2D eigenvalue weighted by Crippen LogP contribution is 2.38. The third-order valence-electron chi connectivity index (χ3n) is 5.41. The third-order valence-corrected chi connectivity index (χ3v) is 6.05. The topological polar surface area (TPSA) is 87.3 Å². The Labute approximate surface area is 183 Å². The van der Waals surface area contributed by atoms with Crippen LogP contribution in [0.15, 0.2) is 28.9 Å². The van der Waals surface area contributed by atoms with Crippen LogP contribution < -0.4 is 5.43 Å². The van der Waals surface area contributed by atoms with Crippen LogP contribution in [0.2, 0.25) is 0 Å². The number of hydrogen-bond acceptors (Lipinski definition) is 4. The van der Waals surface area contributed by atoms with E-state index in [1.54, 1.807) is 18.3 Å². The van der Waals surface area contributed by atoms with E-state index in [2.05, 4.69) is 36.1 Å². The van der Waals surface area contributed by atoms with E-state index in [9.17, 15) is 14.0 Å². The Morgan fingerprint density at radius 2 is 2.07 bits per heavy atom. The molecular formula is C21H26BrFN4O3. The summed E-state index contributed by atoms with van der Waals surface area (Å²) in [6, 6.07) is 4.66. The summed E-state index contributed by atoms with van der Waals surface area (Å²) in [5.74, 6) is -0.239. The summed E-state index contributed by atoms with van der Waals surface area (Å²) in [7, 11) is 1.26. The molecule has 2 aromatic rings. The van der Waals surface area contributed by atoms with Crippen LogP contribution >= 0.6 is 15.9 Å². The van der Waals surface area contributed by atoms with Crippen LogP contribution in [-0.4, -0.2) is 40.1 Å². The number of nitrogens with one attached hydrogen (secondary N) is 2. The number of ether oxygens (including phenoxy) is 1. The van der Waals surface area contributed by atoms with E-state index >= 15 is 0 Å². The van der Waals surface area contributed by atoms with Gasteiger partial charge < -0.3 is 9.72 Å². The number of amides is 2. The number of benzene rings is 1. The van der Waals surface area contributed by atoms with Crippen LogP contribution in [0.3, 0.4) is 0 Å². The average molecular weight is 481 g/mol. The number of H-pyrrole nitrogens is 1. The lowest BCUT2D eigenvalue weighted by atomic mass is 9.78. The largest absolute Gasteiger partial charge is 0.452 e. The van der Waals surface area contributed by atoms with Crippen LogP contribution in [0, 0.1) is 11.7 Å². The second kappa shape index (κ2) is 9.59. The maximum absolute atomic E-state index is 13.9. The zero-order valence-electron chi connectivity index (χ0n) is 17.2.